The molecular weight excluding hydrogens is 272 g/mol. The molecule has 20 heavy (non-hydrogen) atoms. The van der Waals surface area contributed by atoms with Gasteiger partial charge in [0, 0.05) is 31.1 Å². The first kappa shape index (κ1) is 13.6. The van der Waals surface area contributed by atoms with Gasteiger partial charge in [0.15, 0.2) is 0 Å². The molecule has 5 nitrogen and oxygen atoms in total. The Labute approximate surface area is 123 Å². The third-order valence-corrected chi connectivity index (χ3v) is 4.30. The lowest BCUT2D eigenvalue weighted by Crippen LogP contribution is -2.27. The summed E-state index contributed by atoms with van der Waals surface area (Å²) in [5.41, 5.74) is 0. The highest BCUT2D eigenvalue weighted by Crippen LogP contribution is 2.32. The molecule has 0 bridgehead atoms. The van der Waals surface area contributed by atoms with Crippen molar-refractivity contribution in [2.75, 3.05) is 43.1 Å². The van der Waals surface area contributed by atoms with Gasteiger partial charge in [-0.1, -0.05) is 0 Å². The van der Waals surface area contributed by atoms with Gasteiger partial charge in [-0.25, -0.2) is 4.98 Å². The zero-order valence-corrected chi connectivity index (χ0v) is 12.8. The van der Waals surface area contributed by atoms with Crippen LogP contribution in [0.2, 0.25) is 0 Å². The average molecular weight is 292 g/mol. The third kappa shape index (κ3) is 2.71. The summed E-state index contributed by atoms with van der Waals surface area (Å²) in [5, 5.41) is 4.39. The van der Waals surface area contributed by atoms with E-state index in [-0.39, 0.29) is 0 Å². The normalized spacial score (nSPS) is 16.4. The van der Waals surface area contributed by atoms with Gasteiger partial charge in [-0.15, -0.1) is 11.3 Å². The fraction of sp³-hybridized carbons (Fsp3) is 0.571. The van der Waals surface area contributed by atoms with Gasteiger partial charge in [0.25, 0.3) is 0 Å². The lowest BCUT2D eigenvalue weighted by molar-refractivity contribution is 0.152. The number of anilines is 2. The second-order valence-electron chi connectivity index (χ2n) is 4.93. The Hall–Kier alpha value is -1.40. The molecule has 0 unspecified atom stereocenters. The van der Waals surface area contributed by atoms with Gasteiger partial charge in [0.1, 0.15) is 10.6 Å². The molecule has 0 radical (unpaired) electrons. The van der Waals surface area contributed by atoms with Gasteiger partial charge in [0.05, 0.1) is 12.0 Å². The first-order valence-electron chi connectivity index (χ1n) is 7.12. The molecule has 3 rings (SSSR count). The molecule has 0 amide bonds. The molecular formula is C14H20N4OS. The predicted octanol–water partition coefficient (Wildman–Crippen LogP) is 2.66. The molecule has 0 saturated carbocycles. The molecule has 6 heteroatoms. The SMILES string of the molecule is CCNc1nc(N2CCCOCC2)c2cc(C)sc2n1. The fourth-order valence-electron chi connectivity index (χ4n) is 2.46. The first-order valence-corrected chi connectivity index (χ1v) is 7.94. The standard InChI is InChI=1S/C14H20N4OS/c1-3-15-14-16-12(18-5-4-7-19-8-6-18)11-9-10(2)20-13(11)17-14/h9H,3-8H2,1-2H3,(H,15,16,17). The van der Waals surface area contributed by atoms with Crippen LogP contribution in [0.4, 0.5) is 11.8 Å². The van der Waals surface area contributed by atoms with Gasteiger partial charge in [-0.05, 0) is 26.3 Å². The van der Waals surface area contributed by atoms with E-state index in [1.165, 1.54) is 4.88 Å². The van der Waals surface area contributed by atoms with Crippen molar-refractivity contribution in [3.8, 4) is 0 Å². The highest BCUT2D eigenvalue weighted by atomic mass is 32.1. The minimum atomic E-state index is 0.724. The van der Waals surface area contributed by atoms with Gasteiger partial charge in [-0.3, -0.25) is 0 Å². The highest BCUT2D eigenvalue weighted by molar-refractivity contribution is 7.18. The van der Waals surface area contributed by atoms with Gasteiger partial charge in [-0.2, -0.15) is 4.98 Å². The number of fused-ring (bicyclic) bond motifs is 1. The zero-order valence-electron chi connectivity index (χ0n) is 12.0. The summed E-state index contributed by atoms with van der Waals surface area (Å²) in [7, 11) is 0. The van der Waals surface area contributed by atoms with E-state index in [2.05, 4.69) is 35.1 Å². The second kappa shape index (κ2) is 5.93. The number of thiophene rings is 1. The fourth-order valence-corrected chi connectivity index (χ4v) is 3.34. The van der Waals surface area contributed by atoms with E-state index >= 15 is 0 Å². The Bertz CT molecular complexity index is 590. The summed E-state index contributed by atoms with van der Waals surface area (Å²) in [6.07, 6.45) is 1.05. The van der Waals surface area contributed by atoms with Crippen LogP contribution >= 0.6 is 11.3 Å². The Morgan fingerprint density at radius 1 is 1.35 bits per heavy atom. The van der Waals surface area contributed by atoms with Crippen LogP contribution in [0.3, 0.4) is 0 Å². The first-order chi connectivity index (χ1) is 9.78. The van der Waals surface area contributed by atoms with E-state index in [1.54, 1.807) is 11.3 Å². The molecule has 3 heterocycles. The molecule has 1 fully saturated rings. The molecule has 0 aliphatic carbocycles. The van der Waals surface area contributed by atoms with E-state index in [1.807, 2.05) is 0 Å². The van der Waals surface area contributed by atoms with Gasteiger partial charge < -0.3 is 15.0 Å². The van der Waals surface area contributed by atoms with Crippen molar-refractivity contribution in [2.45, 2.75) is 20.3 Å². The molecule has 108 valence electrons. The average Bonchev–Trinajstić information content (AvgIpc) is 2.64. The second-order valence-corrected chi connectivity index (χ2v) is 6.16. The Kier molecular flexibility index (Phi) is 4.03. The van der Waals surface area contributed by atoms with Gasteiger partial charge in [0.2, 0.25) is 5.95 Å². The van der Waals surface area contributed by atoms with Crippen LogP contribution in [-0.2, 0) is 4.74 Å². The van der Waals surface area contributed by atoms with E-state index < -0.39 is 0 Å². The number of rotatable bonds is 3. The van der Waals surface area contributed by atoms with Crippen LogP contribution in [0.5, 0.6) is 0 Å². The lowest BCUT2D eigenvalue weighted by atomic mass is 10.3. The van der Waals surface area contributed by atoms with Crippen LogP contribution in [0.1, 0.15) is 18.2 Å². The van der Waals surface area contributed by atoms with E-state index in [0.717, 1.165) is 61.3 Å². The van der Waals surface area contributed by atoms with Crippen molar-refractivity contribution < 1.29 is 4.74 Å². The van der Waals surface area contributed by atoms with E-state index in [0.29, 0.717) is 0 Å². The highest BCUT2D eigenvalue weighted by Gasteiger charge is 2.17. The number of ether oxygens (including phenoxy) is 1. The minimum absolute atomic E-state index is 0.724. The maximum Gasteiger partial charge on any atom is 0.226 e. The number of hydrogen-bond donors (Lipinski definition) is 1. The quantitative estimate of drug-likeness (QED) is 0.942. The van der Waals surface area contributed by atoms with Crippen LogP contribution < -0.4 is 10.2 Å². The number of hydrogen-bond acceptors (Lipinski definition) is 6. The molecule has 0 spiro atoms. The molecule has 1 N–H and O–H groups in total. The molecule has 0 atom stereocenters. The van der Waals surface area contributed by atoms with Crippen LogP contribution in [0, 0.1) is 6.92 Å². The summed E-state index contributed by atoms with van der Waals surface area (Å²) >= 11 is 1.73. The molecule has 2 aromatic rings. The topological polar surface area (TPSA) is 50.3 Å². The maximum absolute atomic E-state index is 5.54. The molecule has 2 aromatic heterocycles. The maximum atomic E-state index is 5.54. The van der Waals surface area contributed by atoms with E-state index in [4.69, 9.17) is 9.72 Å². The summed E-state index contributed by atoms with van der Waals surface area (Å²) in [5.74, 6) is 1.77. The van der Waals surface area contributed by atoms with Crippen molar-refractivity contribution in [2.24, 2.45) is 0 Å². The Morgan fingerprint density at radius 2 is 2.25 bits per heavy atom. The number of nitrogens with zero attached hydrogens (tertiary/aromatic N) is 3. The van der Waals surface area contributed by atoms with Crippen molar-refractivity contribution in [1.29, 1.82) is 0 Å². The predicted molar refractivity (Wildman–Crippen MR) is 84.0 cm³/mol. The largest absolute Gasteiger partial charge is 0.380 e. The van der Waals surface area contributed by atoms with Gasteiger partial charge >= 0.3 is 0 Å². The van der Waals surface area contributed by atoms with E-state index in [9.17, 15) is 0 Å². The van der Waals surface area contributed by atoms with Crippen LogP contribution in [0.25, 0.3) is 10.2 Å². The number of nitrogens with one attached hydrogen (secondary N) is 1. The summed E-state index contributed by atoms with van der Waals surface area (Å²) < 4.78 is 5.54. The number of aromatic nitrogens is 2. The zero-order chi connectivity index (χ0) is 13.9. The third-order valence-electron chi connectivity index (χ3n) is 3.35. The van der Waals surface area contributed by atoms with Crippen molar-refractivity contribution in [3.63, 3.8) is 0 Å². The van der Waals surface area contributed by atoms with Crippen molar-refractivity contribution in [1.82, 2.24) is 9.97 Å². The van der Waals surface area contributed by atoms with Crippen LogP contribution in [-0.4, -0.2) is 42.8 Å². The monoisotopic (exact) mass is 292 g/mol. The minimum Gasteiger partial charge on any atom is -0.380 e. The summed E-state index contributed by atoms with van der Waals surface area (Å²) in [6, 6.07) is 2.19. The Morgan fingerprint density at radius 3 is 3.10 bits per heavy atom. The number of aryl methyl sites for hydroxylation is 1. The van der Waals surface area contributed by atoms with Crippen molar-refractivity contribution >= 4 is 33.3 Å². The van der Waals surface area contributed by atoms with Crippen LogP contribution in [0.15, 0.2) is 6.07 Å². The summed E-state index contributed by atoms with van der Waals surface area (Å²) in [6.45, 7) is 8.51. The summed E-state index contributed by atoms with van der Waals surface area (Å²) in [4.78, 5) is 14.0. The molecule has 1 aliphatic rings. The smallest absolute Gasteiger partial charge is 0.226 e. The van der Waals surface area contributed by atoms with Crippen molar-refractivity contribution in [3.05, 3.63) is 10.9 Å². The molecule has 0 aromatic carbocycles. The molecule has 1 saturated heterocycles. The molecule has 1 aliphatic heterocycles. The lowest BCUT2D eigenvalue weighted by Gasteiger charge is -2.22. The Balaban J connectivity index is 2.05.